The molecule has 0 amide bonds. The highest BCUT2D eigenvalue weighted by Crippen LogP contribution is 2.04. The molecule has 0 rings (SSSR count). The Morgan fingerprint density at radius 2 is 1.28 bits per heavy atom. The number of aliphatic carboxylic acids is 1. The summed E-state index contributed by atoms with van der Waals surface area (Å²) in [6.45, 7) is 10.0. The van der Waals surface area contributed by atoms with Crippen molar-refractivity contribution in [3.05, 3.63) is 0 Å². The Kier molecular flexibility index (Phi) is 20.9. The molecule has 0 spiro atoms. The van der Waals surface area contributed by atoms with Crippen molar-refractivity contribution < 1.29 is 34.1 Å². The van der Waals surface area contributed by atoms with Crippen LogP contribution in [0.2, 0.25) is 0 Å². The minimum atomic E-state index is -1.38. The molecule has 0 fully saturated rings. The third kappa shape index (κ3) is 27.4. The quantitative estimate of drug-likeness (QED) is 0.478. The van der Waals surface area contributed by atoms with Crippen LogP contribution in [0.25, 0.3) is 0 Å². The van der Waals surface area contributed by atoms with Gasteiger partial charge < -0.3 is 14.9 Å². The molecule has 0 saturated carbocycles. The van der Waals surface area contributed by atoms with Crippen LogP contribution in [-0.2, 0) is 23.9 Å². The first-order chi connectivity index (χ1) is 11.5. The van der Waals surface area contributed by atoms with Crippen LogP contribution in [0.15, 0.2) is 0 Å². The predicted molar refractivity (Wildman–Crippen MR) is 95.3 cm³/mol. The molecule has 0 aliphatic rings. The second-order valence-electron chi connectivity index (χ2n) is 5.77. The number of carbonyl (C=O) groups excluding carboxylic acids is 3. The van der Waals surface area contributed by atoms with Crippen molar-refractivity contribution in [2.24, 2.45) is 0 Å². The van der Waals surface area contributed by atoms with E-state index in [-0.39, 0.29) is 12.2 Å². The van der Waals surface area contributed by atoms with Gasteiger partial charge in [-0.2, -0.15) is 0 Å². The third-order valence-corrected chi connectivity index (χ3v) is 2.84. The molecule has 2 N–H and O–H groups in total. The third-order valence-electron chi connectivity index (χ3n) is 2.84. The molecule has 0 radical (unpaired) electrons. The maximum atomic E-state index is 10.7. The number of aliphatic hydroxyl groups excluding tert-OH is 1. The van der Waals surface area contributed by atoms with Crippen molar-refractivity contribution in [3.8, 4) is 0 Å². The van der Waals surface area contributed by atoms with Gasteiger partial charge in [-0.1, -0.05) is 39.5 Å². The number of rotatable bonds is 9. The molecule has 0 aliphatic carbocycles. The average molecular weight is 362 g/mol. The molecule has 0 saturated heterocycles. The Morgan fingerprint density at radius 3 is 1.52 bits per heavy atom. The van der Waals surface area contributed by atoms with Gasteiger partial charge in [-0.3, -0.25) is 9.59 Å². The molecule has 0 heterocycles. The smallest absolute Gasteiger partial charge is 0.374 e. The Bertz CT molecular complexity index is 377. The molecule has 0 aromatic heterocycles. The largest absolute Gasteiger partial charge is 0.476 e. The fourth-order valence-corrected chi connectivity index (χ4v) is 1.32. The fourth-order valence-electron chi connectivity index (χ4n) is 1.32. The van der Waals surface area contributed by atoms with Crippen LogP contribution in [0.3, 0.4) is 0 Å². The summed E-state index contributed by atoms with van der Waals surface area (Å²) >= 11 is 0. The van der Waals surface area contributed by atoms with E-state index in [1.54, 1.807) is 6.92 Å². The second kappa shape index (κ2) is 18.6. The lowest BCUT2D eigenvalue weighted by atomic mass is 10.2. The number of hydrogen-bond donors (Lipinski definition) is 2. The van der Waals surface area contributed by atoms with Gasteiger partial charge in [-0.15, -0.1) is 0 Å². The number of unbranched alkanes of at least 4 members (excludes halogenated alkanes) is 2. The molecule has 2 unspecified atom stereocenters. The van der Waals surface area contributed by atoms with Gasteiger partial charge >= 0.3 is 11.9 Å². The number of Topliss-reactive ketones (excluding diaryl/α,β-unsaturated/α-hetero) is 2. The second-order valence-corrected chi connectivity index (χ2v) is 5.77. The van der Waals surface area contributed by atoms with Gasteiger partial charge in [0.05, 0.1) is 12.2 Å². The minimum Gasteiger partial charge on any atom is -0.476 e. The number of carboxylic acids is 1. The zero-order valence-electron chi connectivity index (χ0n) is 16.3. The first-order valence-corrected chi connectivity index (χ1v) is 8.62. The van der Waals surface area contributed by atoms with Crippen LogP contribution < -0.4 is 0 Å². The van der Waals surface area contributed by atoms with Gasteiger partial charge in [0.2, 0.25) is 11.6 Å². The Morgan fingerprint density at radius 1 is 0.880 bits per heavy atom. The lowest BCUT2D eigenvalue weighted by Gasteiger charge is -2.10. The first-order valence-electron chi connectivity index (χ1n) is 8.62. The van der Waals surface area contributed by atoms with E-state index in [1.807, 2.05) is 6.92 Å². The van der Waals surface area contributed by atoms with Crippen LogP contribution in [0.5, 0.6) is 0 Å². The molecular formula is C18H34O7. The van der Waals surface area contributed by atoms with Gasteiger partial charge in [-0.05, 0) is 26.7 Å². The van der Waals surface area contributed by atoms with E-state index in [9.17, 15) is 19.2 Å². The molecule has 0 aliphatic heterocycles. The van der Waals surface area contributed by atoms with Crippen molar-refractivity contribution in [3.63, 3.8) is 0 Å². The molecule has 148 valence electrons. The molecular weight excluding hydrogens is 328 g/mol. The van der Waals surface area contributed by atoms with E-state index in [2.05, 4.69) is 13.8 Å². The topological polar surface area (TPSA) is 118 Å². The lowest BCUT2D eigenvalue weighted by Crippen LogP contribution is -2.20. The van der Waals surface area contributed by atoms with Crippen molar-refractivity contribution in [1.82, 2.24) is 0 Å². The monoisotopic (exact) mass is 362 g/mol. The van der Waals surface area contributed by atoms with Crippen molar-refractivity contribution >= 4 is 23.5 Å². The van der Waals surface area contributed by atoms with Crippen LogP contribution in [0.1, 0.15) is 80.1 Å². The number of esters is 1. The molecule has 0 bridgehead atoms. The predicted octanol–water partition coefficient (Wildman–Crippen LogP) is 2.91. The molecule has 25 heavy (non-hydrogen) atoms. The Hall–Kier alpha value is -1.76. The van der Waals surface area contributed by atoms with E-state index in [0.29, 0.717) is 0 Å². The number of hydrogen-bond acceptors (Lipinski definition) is 6. The van der Waals surface area contributed by atoms with Crippen molar-refractivity contribution in [1.29, 1.82) is 0 Å². The fraction of sp³-hybridized carbons (Fsp3) is 0.778. The summed E-state index contributed by atoms with van der Waals surface area (Å²) in [5.41, 5.74) is 0. The SMILES string of the molecule is CC(=O)C(=O)O.CCCCC(C)O.CCCCC(C)OC(=O)C(C)=O. The highest BCUT2D eigenvalue weighted by atomic mass is 16.5. The van der Waals surface area contributed by atoms with Gasteiger partial charge in [-0.25, -0.2) is 9.59 Å². The van der Waals surface area contributed by atoms with Crippen LogP contribution >= 0.6 is 0 Å². The zero-order valence-corrected chi connectivity index (χ0v) is 16.3. The molecule has 7 heteroatoms. The van der Waals surface area contributed by atoms with Gasteiger partial charge in [0.1, 0.15) is 0 Å². The number of ether oxygens (including phenoxy) is 1. The first kappa shape index (κ1) is 28.1. The van der Waals surface area contributed by atoms with Crippen molar-refractivity contribution in [2.45, 2.75) is 92.3 Å². The van der Waals surface area contributed by atoms with Crippen LogP contribution in [-0.4, -0.2) is 45.9 Å². The summed E-state index contributed by atoms with van der Waals surface area (Å²) in [5.74, 6) is -3.46. The summed E-state index contributed by atoms with van der Waals surface area (Å²) in [5, 5.41) is 16.3. The molecule has 0 aromatic carbocycles. The zero-order chi connectivity index (χ0) is 20.4. The average Bonchev–Trinajstić information content (AvgIpc) is 2.51. The number of ketones is 2. The Balaban J connectivity index is -0.000000317. The van der Waals surface area contributed by atoms with Gasteiger partial charge in [0.25, 0.3) is 0 Å². The summed E-state index contributed by atoms with van der Waals surface area (Å²) in [7, 11) is 0. The highest BCUT2D eigenvalue weighted by molar-refractivity contribution is 6.32. The molecule has 0 aromatic rings. The number of carbonyl (C=O) groups is 4. The summed E-state index contributed by atoms with van der Waals surface area (Å²) in [6, 6.07) is 0. The van der Waals surface area contributed by atoms with Gasteiger partial charge in [0.15, 0.2) is 0 Å². The van der Waals surface area contributed by atoms with E-state index in [0.717, 1.165) is 39.0 Å². The summed E-state index contributed by atoms with van der Waals surface area (Å²) < 4.78 is 4.83. The maximum absolute atomic E-state index is 10.7. The van der Waals surface area contributed by atoms with Crippen LogP contribution in [0.4, 0.5) is 0 Å². The molecule has 7 nitrogen and oxygen atoms in total. The van der Waals surface area contributed by atoms with E-state index < -0.39 is 23.5 Å². The Labute approximate surface area is 150 Å². The standard InChI is InChI=1S/C9H16O3.C6H14O.C3H4O3/c1-4-5-6-7(2)12-9(11)8(3)10;1-3-4-5-6(2)7;1-2(4)3(5)6/h7H,4-6H2,1-3H3;6-7H,3-5H2,1-2H3;1H3,(H,5,6). The summed E-state index contributed by atoms with van der Waals surface area (Å²) in [4.78, 5) is 40.1. The highest BCUT2D eigenvalue weighted by Gasteiger charge is 2.12. The van der Waals surface area contributed by atoms with Crippen LogP contribution in [0, 0.1) is 0 Å². The van der Waals surface area contributed by atoms with Gasteiger partial charge in [0, 0.05) is 13.8 Å². The lowest BCUT2D eigenvalue weighted by molar-refractivity contribution is -0.156. The number of carboxylic acid groups (broad SMARTS) is 1. The summed E-state index contributed by atoms with van der Waals surface area (Å²) in [6.07, 6.45) is 5.98. The van der Waals surface area contributed by atoms with E-state index in [4.69, 9.17) is 14.9 Å². The number of aliphatic hydroxyl groups is 1. The van der Waals surface area contributed by atoms with E-state index in [1.165, 1.54) is 13.3 Å². The van der Waals surface area contributed by atoms with E-state index >= 15 is 0 Å². The maximum Gasteiger partial charge on any atom is 0.374 e. The minimum absolute atomic E-state index is 0.0973. The van der Waals surface area contributed by atoms with Crippen molar-refractivity contribution in [2.75, 3.05) is 0 Å². The molecule has 2 atom stereocenters. The normalized spacial score (nSPS) is 11.6.